The van der Waals surface area contributed by atoms with Crippen LogP contribution in [-0.2, 0) is 10.0 Å². The first-order valence-electron chi connectivity index (χ1n) is 8.45. The van der Waals surface area contributed by atoms with Crippen LogP contribution in [-0.4, -0.2) is 37.6 Å². The van der Waals surface area contributed by atoms with Crippen molar-refractivity contribution in [3.05, 3.63) is 59.0 Å². The maximum atomic E-state index is 13.9. The number of sulfonamides is 1. The molecule has 156 valence electrons. The molecule has 0 saturated heterocycles. The molecule has 2 heterocycles. The lowest BCUT2D eigenvalue weighted by Gasteiger charge is -2.18. The summed E-state index contributed by atoms with van der Waals surface area (Å²) in [4.78, 5) is 3.94. The molecule has 0 bridgehead atoms. The van der Waals surface area contributed by atoms with Gasteiger partial charge in [0.25, 0.3) is 0 Å². The maximum Gasteiger partial charge on any atom is 0.401 e. The molecule has 1 unspecified atom stereocenters. The van der Waals surface area contributed by atoms with E-state index in [1.807, 2.05) is 0 Å². The summed E-state index contributed by atoms with van der Waals surface area (Å²) in [5, 5.41) is 0.310. The summed E-state index contributed by atoms with van der Waals surface area (Å²) in [6, 6.07) is 6.51. The van der Waals surface area contributed by atoms with E-state index in [0.29, 0.717) is 5.02 Å². The molecule has 0 spiro atoms. The molecule has 0 aliphatic rings. The molecule has 1 N–H and O–H groups in total. The maximum absolute atomic E-state index is 13.9. The Morgan fingerprint density at radius 2 is 1.90 bits per heavy atom. The standard InChI is InChI=1S/C18H17ClF3N3O3S/c1-3-23-29(26,27)13-8-15(28-2)17-24-14(10-25(17)9-13)16(18(20,21)22)11-4-6-12(19)7-5-11/h4-10,16,23H,3H2,1-2H3. The lowest BCUT2D eigenvalue weighted by atomic mass is 9.96. The number of halogens is 4. The summed E-state index contributed by atoms with van der Waals surface area (Å²) in [5.41, 5.74) is -0.262. The number of alkyl halides is 3. The van der Waals surface area contributed by atoms with Crippen molar-refractivity contribution in [2.24, 2.45) is 0 Å². The molecule has 0 fully saturated rings. The highest BCUT2D eigenvalue weighted by Gasteiger charge is 2.43. The van der Waals surface area contributed by atoms with Crippen molar-refractivity contribution in [2.45, 2.75) is 23.9 Å². The van der Waals surface area contributed by atoms with Gasteiger partial charge in [0.1, 0.15) is 10.8 Å². The van der Waals surface area contributed by atoms with Crippen molar-refractivity contribution >= 4 is 27.3 Å². The number of nitrogens with zero attached hydrogens (tertiary/aromatic N) is 2. The Bertz CT molecular complexity index is 1130. The quantitative estimate of drug-likeness (QED) is 0.620. The summed E-state index contributed by atoms with van der Waals surface area (Å²) >= 11 is 5.79. The summed E-state index contributed by atoms with van der Waals surface area (Å²) in [7, 11) is -2.56. The second-order valence-electron chi connectivity index (χ2n) is 6.17. The predicted octanol–water partition coefficient (Wildman–Crippen LogP) is 3.99. The predicted molar refractivity (Wildman–Crippen MR) is 102 cm³/mol. The number of rotatable bonds is 6. The van der Waals surface area contributed by atoms with E-state index in [0.717, 1.165) is 6.20 Å². The van der Waals surface area contributed by atoms with Gasteiger partial charge in [0.2, 0.25) is 10.0 Å². The Balaban J connectivity index is 2.20. The van der Waals surface area contributed by atoms with Crippen LogP contribution in [0.4, 0.5) is 13.2 Å². The van der Waals surface area contributed by atoms with Gasteiger partial charge in [0, 0.05) is 30.0 Å². The fourth-order valence-electron chi connectivity index (χ4n) is 2.95. The fourth-order valence-corrected chi connectivity index (χ4v) is 4.14. The van der Waals surface area contributed by atoms with Crippen LogP contribution in [0.3, 0.4) is 0 Å². The minimum Gasteiger partial charge on any atom is -0.493 e. The second-order valence-corrected chi connectivity index (χ2v) is 8.37. The minimum atomic E-state index is -4.63. The van der Waals surface area contributed by atoms with Crippen LogP contribution in [0.2, 0.25) is 5.02 Å². The molecule has 1 aromatic carbocycles. The van der Waals surface area contributed by atoms with E-state index in [2.05, 4.69) is 9.71 Å². The molecule has 3 aromatic rings. The molecule has 6 nitrogen and oxygen atoms in total. The van der Waals surface area contributed by atoms with E-state index in [1.54, 1.807) is 6.92 Å². The third kappa shape index (κ3) is 4.34. The average molecular weight is 448 g/mol. The number of nitrogens with one attached hydrogen (secondary N) is 1. The molecular weight excluding hydrogens is 431 g/mol. The first kappa shape index (κ1) is 21.4. The van der Waals surface area contributed by atoms with Gasteiger partial charge in [-0.3, -0.25) is 0 Å². The van der Waals surface area contributed by atoms with Crippen LogP contribution >= 0.6 is 11.6 Å². The molecule has 0 amide bonds. The van der Waals surface area contributed by atoms with Gasteiger partial charge in [-0.15, -0.1) is 0 Å². The number of ether oxygens (including phenoxy) is 1. The zero-order chi connectivity index (χ0) is 21.4. The summed E-state index contributed by atoms with van der Waals surface area (Å²) in [6.07, 6.45) is -2.28. The molecule has 1 atom stereocenters. The van der Waals surface area contributed by atoms with Crippen LogP contribution in [0, 0.1) is 0 Å². The molecule has 29 heavy (non-hydrogen) atoms. The number of pyridine rings is 1. The molecule has 0 saturated carbocycles. The average Bonchev–Trinajstić information content (AvgIpc) is 3.04. The van der Waals surface area contributed by atoms with E-state index in [1.165, 1.54) is 48.0 Å². The molecular formula is C18H17ClF3N3O3S. The lowest BCUT2D eigenvalue weighted by Crippen LogP contribution is -2.23. The van der Waals surface area contributed by atoms with Crippen molar-refractivity contribution < 1.29 is 26.3 Å². The van der Waals surface area contributed by atoms with Crippen molar-refractivity contribution in [1.29, 1.82) is 0 Å². The number of hydrogen-bond donors (Lipinski definition) is 1. The van der Waals surface area contributed by atoms with Crippen LogP contribution in [0.25, 0.3) is 5.65 Å². The van der Waals surface area contributed by atoms with E-state index >= 15 is 0 Å². The van der Waals surface area contributed by atoms with Crippen LogP contribution in [0.15, 0.2) is 47.6 Å². The molecule has 3 rings (SSSR count). The topological polar surface area (TPSA) is 72.7 Å². The first-order valence-corrected chi connectivity index (χ1v) is 10.3. The van der Waals surface area contributed by atoms with E-state index in [-0.39, 0.29) is 34.1 Å². The summed E-state index contributed by atoms with van der Waals surface area (Å²) in [6.45, 7) is 1.77. The van der Waals surface area contributed by atoms with Crippen LogP contribution < -0.4 is 9.46 Å². The number of hydrogen-bond acceptors (Lipinski definition) is 4. The third-order valence-electron chi connectivity index (χ3n) is 4.20. The van der Waals surface area contributed by atoms with E-state index in [4.69, 9.17) is 16.3 Å². The van der Waals surface area contributed by atoms with Crippen molar-refractivity contribution in [3.63, 3.8) is 0 Å². The van der Waals surface area contributed by atoms with Crippen molar-refractivity contribution in [3.8, 4) is 5.75 Å². The van der Waals surface area contributed by atoms with E-state index < -0.39 is 22.1 Å². The molecule has 0 aliphatic heterocycles. The highest BCUT2D eigenvalue weighted by Crippen LogP contribution is 2.40. The van der Waals surface area contributed by atoms with Gasteiger partial charge in [0.05, 0.1) is 12.8 Å². The van der Waals surface area contributed by atoms with Crippen molar-refractivity contribution in [2.75, 3.05) is 13.7 Å². The summed E-state index contributed by atoms with van der Waals surface area (Å²) < 4.78 is 74.9. The van der Waals surface area contributed by atoms with Gasteiger partial charge >= 0.3 is 6.18 Å². The number of aromatic nitrogens is 2. The lowest BCUT2D eigenvalue weighted by molar-refractivity contribution is -0.141. The Morgan fingerprint density at radius 1 is 1.24 bits per heavy atom. The van der Waals surface area contributed by atoms with Gasteiger partial charge < -0.3 is 9.14 Å². The van der Waals surface area contributed by atoms with E-state index in [9.17, 15) is 21.6 Å². The molecule has 0 radical (unpaired) electrons. The number of benzene rings is 1. The smallest absolute Gasteiger partial charge is 0.401 e. The third-order valence-corrected chi connectivity index (χ3v) is 5.97. The zero-order valence-electron chi connectivity index (χ0n) is 15.4. The Hall–Kier alpha value is -2.30. The van der Waals surface area contributed by atoms with Crippen LogP contribution in [0.1, 0.15) is 24.1 Å². The highest BCUT2D eigenvalue weighted by molar-refractivity contribution is 7.89. The highest BCUT2D eigenvalue weighted by atomic mass is 35.5. The van der Waals surface area contributed by atoms with Gasteiger partial charge in [0.15, 0.2) is 11.4 Å². The molecule has 11 heteroatoms. The van der Waals surface area contributed by atoms with Crippen molar-refractivity contribution in [1.82, 2.24) is 14.1 Å². The molecule has 2 aromatic heterocycles. The molecule has 0 aliphatic carbocycles. The Kier molecular flexibility index (Phi) is 5.79. The second kappa shape index (κ2) is 7.85. The van der Waals surface area contributed by atoms with Crippen LogP contribution in [0.5, 0.6) is 5.75 Å². The summed E-state index contributed by atoms with van der Waals surface area (Å²) in [5.74, 6) is -1.98. The Morgan fingerprint density at radius 3 is 2.45 bits per heavy atom. The van der Waals surface area contributed by atoms with Gasteiger partial charge in [-0.2, -0.15) is 13.2 Å². The normalized spacial score (nSPS) is 13.6. The van der Waals surface area contributed by atoms with Gasteiger partial charge in [-0.1, -0.05) is 30.7 Å². The number of fused-ring (bicyclic) bond motifs is 1. The number of methoxy groups -OCH3 is 1. The Labute approximate surface area is 170 Å². The monoisotopic (exact) mass is 447 g/mol. The fraction of sp³-hybridized carbons (Fsp3) is 0.278. The van der Waals surface area contributed by atoms with Gasteiger partial charge in [-0.25, -0.2) is 18.1 Å². The zero-order valence-corrected chi connectivity index (χ0v) is 16.9. The largest absolute Gasteiger partial charge is 0.493 e. The SMILES string of the molecule is CCNS(=O)(=O)c1cc(OC)c2nc(C(c3ccc(Cl)cc3)C(F)(F)F)cn2c1. The number of imidazole rings is 1. The van der Waals surface area contributed by atoms with Gasteiger partial charge in [-0.05, 0) is 17.7 Å². The minimum absolute atomic E-state index is 0.0345. The first-order chi connectivity index (χ1) is 13.6.